The highest BCUT2D eigenvalue weighted by molar-refractivity contribution is 7.93. The van der Waals surface area contributed by atoms with Gasteiger partial charge in [-0.15, -0.1) is 0 Å². The summed E-state index contributed by atoms with van der Waals surface area (Å²) >= 11 is 0. The molecule has 9 heteroatoms. The summed E-state index contributed by atoms with van der Waals surface area (Å²) in [5.74, 6) is -0.341. The van der Waals surface area contributed by atoms with Crippen LogP contribution in [0.3, 0.4) is 0 Å². The molecule has 1 aromatic rings. The average Bonchev–Trinajstić information content (AvgIpc) is 2.80. The highest BCUT2D eigenvalue weighted by Crippen LogP contribution is 2.41. The van der Waals surface area contributed by atoms with Gasteiger partial charge >= 0.3 is 0 Å². The molecule has 35 heavy (non-hydrogen) atoms. The topological polar surface area (TPSA) is 132 Å². The first-order valence-electron chi connectivity index (χ1n) is 11.7. The molecule has 0 heterocycles. The van der Waals surface area contributed by atoms with Gasteiger partial charge in [-0.05, 0) is 17.9 Å². The monoisotopic (exact) mass is 503 g/mol. The fraction of sp³-hybridized carbons (Fsp3) is 0.462. The van der Waals surface area contributed by atoms with Crippen LogP contribution >= 0.6 is 0 Å². The number of rotatable bonds is 13. The Hall–Kier alpha value is -2.91. The third-order valence-electron chi connectivity index (χ3n) is 5.67. The van der Waals surface area contributed by atoms with Crippen LogP contribution in [0.5, 0.6) is 0 Å². The van der Waals surface area contributed by atoms with E-state index in [1.54, 1.807) is 25.3 Å². The number of carbonyl (C=O) groups excluding carboxylic acids is 1. The van der Waals surface area contributed by atoms with Crippen LogP contribution in [0.15, 0.2) is 60.4 Å². The largest absolute Gasteiger partial charge is 0.497 e. The van der Waals surface area contributed by atoms with Gasteiger partial charge in [-0.3, -0.25) is 15.5 Å². The van der Waals surface area contributed by atoms with Gasteiger partial charge in [0.25, 0.3) is 0 Å². The summed E-state index contributed by atoms with van der Waals surface area (Å²) in [6, 6.07) is 9.65. The molecule has 0 bridgehead atoms. The van der Waals surface area contributed by atoms with E-state index < -0.39 is 26.5 Å². The van der Waals surface area contributed by atoms with Crippen molar-refractivity contribution in [3.05, 3.63) is 66.0 Å². The van der Waals surface area contributed by atoms with E-state index in [9.17, 15) is 13.2 Å². The number of hydrogen-bond donors (Lipinski definition) is 3. The quantitative estimate of drug-likeness (QED) is 0.163. The van der Waals surface area contributed by atoms with Crippen molar-refractivity contribution in [2.75, 3.05) is 26.1 Å². The van der Waals surface area contributed by atoms with E-state index in [0.29, 0.717) is 25.4 Å². The number of methoxy groups -OCH3 is 1. The van der Waals surface area contributed by atoms with Gasteiger partial charge in [-0.2, -0.15) is 0 Å². The molecule has 0 fully saturated rings. The van der Waals surface area contributed by atoms with Crippen molar-refractivity contribution in [3.8, 4) is 0 Å². The molecular formula is C26H37N3O5S. The van der Waals surface area contributed by atoms with Gasteiger partial charge in [-0.1, -0.05) is 68.5 Å². The third-order valence-corrected chi connectivity index (χ3v) is 8.03. The van der Waals surface area contributed by atoms with Crippen LogP contribution in [0.1, 0.15) is 45.1 Å². The highest BCUT2D eigenvalue weighted by atomic mass is 32.2. The minimum atomic E-state index is -3.72. The molecule has 0 aromatic heterocycles. The molecule has 1 amide bonds. The van der Waals surface area contributed by atoms with E-state index in [1.165, 1.54) is 0 Å². The number of nitrogens with one attached hydrogen (secondary N) is 2. The van der Waals surface area contributed by atoms with Crippen LogP contribution in [-0.4, -0.2) is 51.1 Å². The number of carbonyl (C=O) groups is 1. The van der Waals surface area contributed by atoms with Gasteiger partial charge in [0, 0.05) is 38.6 Å². The molecular weight excluding hydrogens is 466 g/mol. The van der Waals surface area contributed by atoms with E-state index in [2.05, 4.69) is 5.32 Å². The zero-order valence-corrected chi connectivity index (χ0v) is 21.6. The standard InChI is InChI=1S/C26H37N3O5S/c1-20(2)9-7-18-35(31,32)26(15-13-24(30)29-25(27)28)14-12-22(21-10-5-4-6-11-21)23(19-26)34-17-8-16-33-3/h4-7,9-12,14,20H,8,13,15-19H2,1-3H3,(H4,27,28,29,30). The maximum atomic E-state index is 13.7. The zero-order valence-electron chi connectivity index (χ0n) is 20.8. The predicted molar refractivity (Wildman–Crippen MR) is 139 cm³/mol. The molecule has 4 N–H and O–H groups in total. The van der Waals surface area contributed by atoms with E-state index in [4.69, 9.17) is 20.6 Å². The number of sulfone groups is 1. The lowest BCUT2D eigenvalue weighted by atomic mass is 9.87. The van der Waals surface area contributed by atoms with Crippen molar-refractivity contribution in [1.29, 1.82) is 5.41 Å². The molecule has 1 aromatic carbocycles. The van der Waals surface area contributed by atoms with Crippen molar-refractivity contribution in [1.82, 2.24) is 5.32 Å². The summed E-state index contributed by atoms with van der Waals surface area (Å²) in [5.41, 5.74) is 7.01. The lowest BCUT2D eigenvalue weighted by Gasteiger charge is -2.34. The second kappa shape index (κ2) is 13.3. The van der Waals surface area contributed by atoms with Crippen molar-refractivity contribution in [2.45, 2.75) is 44.3 Å². The highest BCUT2D eigenvalue weighted by Gasteiger charge is 2.44. The van der Waals surface area contributed by atoms with Crippen LogP contribution in [0, 0.1) is 11.3 Å². The van der Waals surface area contributed by atoms with Crippen molar-refractivity contribution >= 4 is 27.3 Å². The van der Waals surface area contributed by atoms with Crippen LogP contribution in [-0.2, 0) is 24.1 Å². The Balaban J connectivity index is 2.44. The number of benzene rings is 1. The van der Waals surface area contributed by atoms with Crippen molar-refractivity contribution in [3.63, 3.8) is 0 Å². The molecule has 192 valence electrons. The molecule has 0 radical (unpaired) electrons. The Bertz CT molecular complexity index is 1060. The second-order valence-electron chi connectivity index (χ2n) is 8.89. The number of nitrogens with two attached hydrogens (primary N) is 1. The van der Waals surface area contributed by atoms with Crippen LogP contribution in [0.25, 0.3) is 5.57 Å². The maximum Gasteiger partial charge on any atom is 0.226 e. The van der Waals surface area contributed by atoms with Crippen LogP contribution in [0.2, 0.25) is 0 Å². The van der Waals surface area contributed by atoms with Crippen LogP contribution in [0.4, 0.5) is 0 Å². The molecule has 0 aliphatic heterocycles. The summed E-state index contributed by atoms with van der Waals surface area (Å²) in [4.78, 5) is 12.3. The molecule has 1 aliphatic rings. The molecule has 2 rings (SSSR count). The van der Waals surface area contributed by atoms with Gasteiger partial charge in [0.2, 0.25) is 5.91 Å². The third kappa shape index (κ3) is 8.36. The fourth-order valence-electron chi connectivity index (χ4n) is 3.86. The lowest BCUT2D eigenvalue weighted by Crippen LogP contribution is -2.42. The Morgan fingerprint density at radius 2 is 1.97 bits per heavy atom. The van der Waals surface area contributed by atoms with E-state index in [-0.39, 0.29) is 30.9 Å². The first-order chi connectivity index (χ1) is 16.6. The Morgan fingerprint density at radius 1 is 1.26 bits per heavy atom. The maximum absolute atomic E-state index is 13.7. The van der Waals surface area contributed by atoms with Gasteiger partial charge in [-0.25, -0.2) is 8.42 Å². The smallest absolute Gasteiger partial charge is 0.226 e. The predicted octanol–water partition coefficient (Wildman–Crippen LogP) is 3.57. The molecule has 0 saturated heterocycles. The zero-order chi connectivity index (χ0) is 25.9. The number of ether oxygens (including phenoxy) is 2. The van der Waals surface area contributed by atoms with E-state index >= 15 is 0 Å². The summed E-state index contributed by atoms with van der Waals surface area (Å²) in [5, 5.41) is 9.52. The Labute approximate surface area is 208 Å². The van der Waals surface area contributed by atoms with E-state index in [0.717, 1.165) is 11.1 Å². The first-order valence-corrected chi connectivity index (χ1v) is 13.4. The van der Waals surface area contributed by atoms with Crippen LogP contribution < -0.4 is 11.1 Å². The second-order valence-corrected chi connectivity index (χ2v) is 11.3. The Kier molecular flexibility index (Phi) is 10.7. The first kappa shape index (κ1) is 28.3. The number of guanidine groups is 1. The number of amides is 1. The summed E-state index contributed by atoms with van der Waals surface area (Å²) < 4.78 is 37.3. The molecule has 1 atom stereocenters. The van der Waals surface area contributed by atoms with Crippen molar-refractivity contribution in [2.24, 2.45) is 11.7 Å². The number of hydrogen-bond acceptors (Lipinski definition) is 6. The minimum Gasteiger partial charge on any atom is -0.497 e. The Morgan fingerprint density at radius 3 is 2.60 bits per heavy atom. The van der Waals surface area contributed by atoms with Gasteiger partial charge in [0.15, 0.2) is 15.8 Å². The normalized spacial score (nSPS) is 18.3. The summed E-state index contributed by atoms with van der Waals surface area (Å²) in [6.07, 6.45) is 7.69. The van der Waals surface area contributed by atoms with Crippen molar-refractivity contribution < 1.29 is 22.7 Å². The molecule has 0 spiro atoms. The lowest BCUT2D eigenvalue weighted by molar-refractivity contribution is -0.119. The minimum absolute atomic E-state index is 0.0352. The van der Waals surface area contributed by atoms with E-state index in [1.807, 2.05) is 50.3 Å². The SMILES string of the molecule is COCCCOC1=C(c2ccccc2)C=CC(CCC(=O)NC(=N)N)(S(=O)(=O)CC=CC(C)C)C1. The summed E-state index contributed by atoms with van der Waals surface area (Å²) in [6.45, 7) is 4.86. The molecule has 0 saturated carbocycles. The molecule has 1 unspecified atom stereocenters. The summed E-state index contributed by atoms with van der Waals surface area (Å²) in [7, 11) is -2.10. The average molecular weight is 504 g/mol. The fourth-order valence-corrected chi connectivity index (χ4v) is 5.59. The number of allylic oxidation sites excluding steroid dienone is 4. The van der Waals surface area contributed by atoms with Gasteiger partial charge in [0.1, 0.15) is 5.76 Å². The molecule has 1 aliphatic carbocycles. The molecule has 8 nitrogen and oxygen atoms in total. The van der Waals surface area contributed by atoms with Gasteiger partial charge in [0.05, 0.1) is 17.1 Å². The van der Waals surface area contributed by atoms with Gasteiger partial charge < -0.3 is 15.2 Å².